The average Bonchev–Trinajstić information content (AvgIpc) is 3.21. The fourth-order valence-electron chi connectivity index (χ4n) is 2.67. The van der Waals surface area contributed by atoms with Crippen molar-refractivity contribution in [2.45, 2.75) is 0 Å². The summed E-state index contributed by atoms with van der Waals surface area (Å²) in [6, 6.07) is 15.5. The Morgan fingerprint density at radius 2 is 1.93 bits per heavy atom. The van der Waals surface area contributed by atoms with Crippen LogP contribution in [0.15, 0.2) is 65.3 Å². The molecule has 0 spiro atoms. The zero-order chi connectivity index (χ0) is 20.9. The quantitative estimate of drug-likeness (QED) is 0.570. The second-order valence-corrected chi connectivity index (χ2v) is 7.16. The van der Waals surface area contributed by atoms with Crippen molar-refractivity contribution in [1.82, 2.24) is 10.3 Å². The maximum absolute atomic E-state index is 12.2. The third kappa shape index (κ3) is 4.87. The van der Waals surface area contributed by atoms with Crippen molar-refractivity contribution in [2.75, 3.05) is 18.7 Å². The van der Waals surface area contributed by atoms with E-state index >= 15 is 0 Å². The van der Waals surface area contributed by atoms with Gasteiger partial charge in [0.1, 0.15) is 5.75 Å². The molecular formula is C21H16BrN3O5. The van der Waals surface area contributed by atoms with Gasteiger partial charge in [-0.15, -0.1) is 0 Å². The molecule has 4 rings (SSSR count). The molecular weight excluding hydrogens is 454 g/mol. The van der Waals surface area contributed by atoms with E-state index in [4.69, 9.17) is 14.2 Å². The molecule has 0 atom stereocenters. The summed E-state index contributed by atoms with van der Waals surface area (Å²) in [6.07, 6.45) is 1.48. The largest absolute Gasteiger partial charge is 0.454 e. The number of halogens is 1. The molecule has 1 aliphatic rings. The van der Waals surface area contributed by atoms with E-state index in [-0.39, 0.29) is 25.2 Å². The van der Waals surface area contributed by atoms with Crippen molar-refractivity contribution in [3.8, 4) is 23.1 Å². The number of amides is 2. The van der Waals surface area contributed by atoms with E-state index in [1.54, 1.807) is 30.3 Å². The number of carbonyl (C=O) groups excluding carboxylic acids is 2. The predicted molar refractivity (Wildman–Crippen MR) is 112 cm³/mol. The molecule has 2 N–H and O–H groups in total. The smallest absolute Gasteiger partial charge is 0.251 e. The summed E-state index contributed by atoms with van der Waals surface area (Å²) < 4.78 is 17.0. The standard InChI is InChI=1S/C21H16BrN3O5/c22-14-2-1-3-16(9-14)30-20-7-5-15(10-23-20)25-19(26)11-24-21(27)13-4-6-17-18(8-13)29-12-28-17/h1-10H,11-12H2,(H,24,27)(H,25,26). The molecule has 2 heterocycles. The topological polar surface area (TPSA) is 98.8 Å². The summed E-state index contributed by atoms with van der Waals surface area (Å²) >= 11 is 3.38. The monoisotopic (exact) mass is 469 g/mol. The first-order valence-corrected chi connectivity index (χ1v) is 9.73. The third-order valence-electron chi connectivity index (χ3n) is 4.08. The number of aromatic nitrogens is 1. The highest BCUT2D eigenvalue weighted by atomic mass is 79.9. The second-order valence-electron chi connectivity index (χ2n) is 6.24. The molecule has 0 unspecified atom stereocenters. The van der Waals surface area contributed by atoms with Gasteiger partial charge in [0.2, 0.25) is 18.6 Å². The SMILES string of the molecule is O=C(CNC(=O)c1ccc2c(c1)OCO2)Nc1ccc(Oc2cccc(Br)c2)nc1. The van der Waals surface area contributed by atoms with Crippen molar-refractivity contribution < 1.29 is 23.8 Å². The summed E-state index contributed by atoms with van der Waals surface area (Å²) in [6.45, 7) is -0.0624. The van der Waals surface area contributed by atoms with E-state index in [0.29, 0.717) is 34.4 Å². The molecule has 1 aromatic heterocycles. The first kappa shape index (κ1) is 19.7. The van der Waals surface area contributed by atoms with Gasteiger partial charge in [-0.3, -0.25) is 9.59 Å². The van der Waals surface area contributed by atoms with Gasteiger partial charge < -0.3 is 24.8 Å². The van der Waals surface area contributed by atoms with Crippen molar-refractivity contribution in [3.05, 3.63) is 70.8 Å². The molecule has 8 nitrogen and oxygen atoms in total. The Hall–Kier alpha value is -3.59. The predicted octanol–water partition coefficient (Wildman–Crippen LogP) is 3.73. The third-order valence-corrected chi connectivity index (χ3v) is 4.58. The van der Waals surface area contributed by atoms with Crippen LogP contribution in [0.5, 0.6) is 23.1 Å². The van der Waals surface area contributed by atoms with Gasteiger partial charge in [0, 0.05) is 16.1 Å². The van der Waals surface area contributed by atoms with Crippen LogP contribution >= 0.6 is 15.9 Å². The Labute approximate surface area is 180 Å². The number of hydrogen-bond acceptors (Lipinski definition) is 6. The van der Waals surface area contributed by atoms with Gasteiger partial charge in [-0.2, -0.15) is 0 Å². The van der Waals surface area contributed by atoms with Crippen LogP contribution in [0.2, 0.25) is 0 Å². The van der Waals surface area contributed by atoms with E-state index < -0.39 is 0 Å². The summed E-state index contributed by atoms with van der Waals surface area (Å²) in [7, 11) is 0. The first-order chi connectivity index (χ1) is 14.6. The zero-order valence-electron chi connectivity index (χ0n) is 15.6. The van der Waals surface area contributed by atoms with Crippen LogP contribution in [0.3, 0.4) is 0 Å². The zero-order valence-corrected chi connectivity index (χ0v) is 17.1. The van der Waals surface area contributed by atoms with Crippen molar-refractivity contribution >= 4 is 33.4 Å². The lowest BCUT2D eigenvalue weighted by Crippen LogP contribution is -2.32. The van der Waals surface area contributed by atoms with Crippen LogP contribution < -0.4 is 24.8 Å². The maximum atomic E-state index is 12.2. The molecule has 0 bridgehead atoms. The molecule has 3 aromatic rings. The Morgan fingerprint density at radius 1 is 1.07 bits per heavy atom. The highest BCUT2D eigenvalue weighted by molar-refractivity contribution is 9.10. The molecule has 9 heteroatoms. The van der Waals surface area contributed by atoms with E-state index in [9.17, 15) is 9.59 Å². The molecule has 0 aliphatic carbocycles. The van der Waals surface area contributed by atoms with Gasteiger partial charge in [0.25, 0.3) is 5.91 Å². The molecule has 152 valence electrons. The molecule has 0 fully saturated rings. The minimum absolute atomic E-state index is 0.129. The van der Waals surface area contributed by atoms with Crippen molar-refractivity contribution in [3.63, 3.8) is 0 Å². The molecule has 1 aliphatic heterocycles. The van der Waals surface area contributed by atoms with Crippen LogP contribution in [-0.4, -0.2) is 30.1 Å². The highest BCUT2D eigenvalue weighted by Crippen LogP contribution is 2.32. The van der Waals surface area contributed by atoms with E-state index in [2.05, 4.69) is 31.5 Å². The van der Waals surface area contributed by atoms with E-state index in [1.165, 1.54) is 6.20 Å². The molecule has 0 saturated heterocycles. The number of hydrogen-bond donors (Lipinski definition) is 2. The van der Waals surface area contributed by atoms with Crippen LogP contribution in [0.4, 0.5) is 5.69 Å². The Balaban J connectivity index is 1.28. The van der Waals surface area contributed by atoms with Crippen molar-refractivity contribution in [2.24, 2.45) is 0 Å². The molecule has 2 aromatic carbocycles. The number of carbonyl (C=O) groups is 2. The number of fused-ring (bicyclic) bond motifs is 1. The first-order valence-electron chi connectivity index (χ1n) is 8.94. The lowest BCUT2D eigenvalue weighted by Gasteiger charge is -2.09. The highest BCUT2D eigenvalue weighted by Gasteiger charge is 2.16. The Bertz CT molecular complexity index is 1090. The fourth-order valence-corrected chi connectivity index (χ4v) is 3.05. The minimum Gasteiger partial charge on any atom is -0.454 e. The summed E-state index contributed by atoms with van der Waals surface area (Å²) in [5, 5.41) is 5.23. The Kier molecular flexibility index (Phi) is 5.80. The molecule has 0 saturated carbocycles. The Morgan fingerprint density at radius 3 is 2.73 bits per heavy atom. The van der Waals surface area contributed by atoms with Crippen molar-refractivity contribution in [1.29, 1.82) is 0 Å². The summed E-state index contributed by atoms with van der Waals surface area (Å²) in [5.41, 5.74) is 0.863. The summed E-state index contributed by atoms with van der Waals surface area (Å²) in [4.78, 5) is 28.5. The van der Waals surface area contributed by atoms with Crippen LogP contribution in [0.1, 0.15) is 10.4 Å². The summed E-state index contributed by atoms with van der Waals surface area (Å²) in [5.74, 6) is 1.35. The maximum Gasteiger partial charge on any atom is 0.251 e. The van der Waals surface area contributed by atoms with Gasteiger partial charge in [-0.05, 0) is 42.5 Å². The number of pyridine rings is 1. The number of ether oxygens (including phenoxy) is 3. The normalized spacial score (nSPS) is 11.6. The van der Waals surface area contributed by atoms with Gasteiger partial charge in [-0.25, -0.2) is 4.98 Å². The fraction of sp³-hybridized carbons (Fsp3) is 0.0952. The van der Waals surface area contributed by atoms with Crippen LogP contribution in [0, 0.1) is 0 Å². The van der Waals surface area contributed by atoms with Gasteiger partial charge in [0.05, 0.1) is 18.4 Å². The van der Waals surface area contributed by atoms with Crippen LogP contribution in [-0.2, 0) is 4.79 Å². The lowest BCUT2D eigenvalue weighted by molar-refractivity contribution is -0.115. The molecule has 0 radical (unpaired) electrons. The number of nitrogens with one attached hydrogen (secondary N) is 2. The van der Waals surface area contributed by atoms with Gasteiger partial charge >= 0.3 is 0 Å². The number of benzene rings is 2. The van der Waals surface area contributed by atoms with Gasteiger partial charge in [0.15, 0.2) is 11.5 Å². The number of rotatable bonds is 6. The lowest BCUT2D eigenvalue weighted by atomic mass is 10.2. The average molecular weight is 470 g/mol. The van der Waals surface area contributed by atoms with E-state index in [1.807, 2.05) is 24.3 Å². The van der Waals surface area contributed by atoms with E-state index in [0.717, 1.165) is 4.47 Å². The van der Waals surface area contributed by atoms with Gasteiger partial charge in [-0.1, -0.05) is 22.0 Å². The molecule has 30 heavy (non-hydrogen) atoms. The van der Waals surface area contributed by atoms with Crippen LogP contribution in [0.25, 0.3) is 0 Å². The number of nitrogens with zero attached hydrogens (tertiary/aromatic N) is 1. The number of anilines is 1. The molecule has 2 amide bonds. The second kappa shape index (κ2) is 8.83. The minimum atomic E-state index is -0.389.